The lowest BCUT2D eigenvalue weighted by Crippen LogP contribution is -2.38. The molecule has 0 unspecified atom stereocenters. The summed E-state index contributed by atoms with van der Waals surface area (Å²) in [6.45, 7) is 7.92. The molecular formula is C29H35NO3. The molecule has 0 atom stereocenters. The SMILES string of the molecule is CCOc1ccc(C(=O)CCCCN2CCC(Oc3ccc4ccccc4c3C)CC2)cc1. The number of aryl methyl sites for hydroxylation is 1. The third-order valence-corrected chi connectivity index (χ3v) is 6.59. The van der Waals surface area contributed by atoms with Crippen molar-refractivity contribution < 1.29 is 14.3 Å². The Morgan fingerprint density at radius 3 is 2.48 bits per heavy atom. The molecule has 0 N–H and O–H groups in total. The number of hydrogen-bond donors (Lipinski definition) is 0. The number of carbonyl (C=O) groups is 1. The molecule has 33 heavy (non-hydrogen) atoms. The number of Topliss-reactive ketones (excluding diaryl/α,β-unsaturated/α-hetero) is 1. The number of benzene rings is 3. The molecule has 0 saturated carbocycles. The van der Waals surface area contributed by atoms with Crippen LogP contribution in [0.5, 0.6) is 11.5 Å². The first-order chi connectivity index (χ1) is 16.1. The minimum Gasteiger partial charge on any atom is -0.494 e. The van der Waals surface area contributed by atoms with Gasteiger partial charge >= 0.3 is 0 Å². The van der Waals surface area contributed by atoms with Gasteiger partial charge in [0, 0.05) is 25.1 Å². The van der Waals surface area contributed by atoms with Crippen molar-refractivity contribution in [3.63, 3.8) is 0 Å². The van der Waals surface area contributed by atoms with Crippen LogP contribution in [-0.2, 0) is 0 Å². The van der Waals surface area contributed by atoms with Gasteiger partial charge in [-0.25, -0.2) is 0 Å². The highest BCUT2D eigenvalue weighted by atomic mass is 16.5. The Labute approximate surface area is 197 Å². The van der Waals surface area contributed by atoms with E-state index < -0.39 is 0 Å². The molecule has 1 saturated heterocycles. The molecule has 1 heterocycles. The van der Waals surface area contributed by atoms with Gasteiger partial charge in [-0.3, -0.25) is 4.79 Å². The number of likely N-dealkylation sites (tertiary alicyclic amines) is 1. The molecule has 1 aliphatic rings. The van der Waals surface area contributed by atoms with E-state index in [9.17, 15) is 4.79 Å². The maximum atomic E-state index is 12.4. The van der Waals surface area contributed by atoms with Crippen molar-refractivity contribution >= 4 is 16.6 Å². The minimum atomic E-state index is 0.218. The highest BCUT2D eigenvalue weighted by molar-refractivity contribution is 5.96. The first-order valence-electron chi connectivity index (χ1n) is 12.3. The second-order valence-corrected chi connectivity index (χ2v) is 8.91. The number of nitrogens with zero attached hydrogens (tertiary/aromatic N) is 1. The van der Waals surface area contributed by atoms with Crippen molar-refractivity contribution in [1.29, 1.82) is 0 Å². The van der Waals surface area contributed by atoms with E-state index in [-0.39, 0.29) is 11.9 Å². The van der Waals surface area contributed by atoms with E-state index in [0.717, 1.165) is 62.4 Å². The van der Waals surface area contributed by atoms with Gasteiger partial charge in [-0.2, -0.15) is 0 Å². The predicted molar refractivity (Wildman–Crippen MR) is 135 cm³/mol. The minimum absolute atomic E-state index is 0.218. The van der Waals surface area contributed by atoms with Crippen molar-refractivity contribution in [2.24, 2.45) is 0 Å². The molecule has 0 aromatic heterocycles. The van der Waals surface area contributed by atoms with Crippen molar-refractivity contribution in [3.8, 4) is 11.5 Å². The van der Waals surface area contributed by atoms with Crippen LogP contribution in [0.3, 0.4) is 0 Å². The molecule has 1 aliphatic heterocycles. The molecule has 0 aliphatic carbocycles. The molecule has 1 fully saturated rings. The molecular weight excluding hydrogens is 410 g/mol. The van der Waals surface area contributed by atoms with Gasteiger partial charge in [-0.15, -0.1) is 0 Å². The quantitative estimate of drug-likeness (QED) is 0.266. The molecule has 3 aromatic rings. The zero-order chi connectivity index (χ0) is 23.0. The number of ether oxygens (including phenoxy) is 2. The summed E-state index contributed by atoms with van der Waals surface area (Å²) in [5.41, 5.74) is 2.01. The van der Waals surface area contributed by atoms with Gasteiger partial charge in [0.05, 0.1) is 6.61 Å². The Balaban J connectivity index is 1.16. The fourth-order valence-electron chi connectivity index (χ4n) is 4.63. The monoisotopic (exact) mass is 445 g/mol. The van der Waals surface area contributed by atoms with E-state index >= 15 is 0 Å². The zero-order valence-corrected chi connectivity index (χ0v) is 19.9. The number of fused-ring (bicyclic) bond motifs is 1. The Morgan fingerprint density at radius 1 is 0.970 bits per heavy atom. The lowest BCUT2D eigenvalue weighted by Gasteiger charge is -2.32. The van der Waals surface area contributed by atoms with E-state index in [0.29, 0.717) is 13.0 Å². The molecule has 4 heteroatoms. The average Bonchev–Trinajstić information content (AvgIpc) is 2.85. The Kier molecular flexibility index (Phi) is 8.01. The second-order valence-electron chi connectivity index (χ2n) is 8.91. The van der Waals surface area contributed by atoms with Crippen molar-refractivity contribution in [2.75, 3.05) is 26.2 Å². The first-order valence-corrected chi connectivity index (χ1v) is 12.3. The molecule has 174 valence electrons. The number of rotatable bonds is 10. The lowest BCUT2D eigenvalue weighted by molar-refractivity contribution is 0.0952. The number of piperidine rings is 1. The van der Waals surface area contributed by atoms with Crippen molar-refractivity contribution in [3.05, 3.63) is 71.8 Å². The summed E-state index contributed by atoms with van der Waals surface area (Å²) in [5.74, 6) is 2.05. The highest BCUT2D eigenvalue weighted by Crippen LogP contribution is 2.29. The summed E-state index contributed by atoms with van der Waals surface area (Å²) in [7, 11) is 0. The molecule has 3 aromatic carbocycles. The maximum Gasteiger partial charge on any atom is 0.162 e. The van der Waals surface area contributed by atoms with Crippen LogP contribution in [0.1, 0.15) is 54.9 Å². The predicted octanol–water partition coefficient (Wildman–Crippen LogP) is 6.44. The molecule has 0 radical (unpaired) electrons. The summed E-state index contributed by atoms with van der Waals surface area (Å²) in [4.78, 5) is 14.9. The summed E-state index contributed by atoms with van der Waals surface area (Å²) in [6, 6.07) is 20.2. The largest absolute Gasteiger partial charge is 0.494 e. The third-order valence-electron chi connectivity index (χ3n) is 6.59. The fourth-order valence-corrected chi connectivity index (χ4v) is 4.63. The van der Waals surface area contributed by atoms with E-state index in [1.165, 1.54) is 16.3 Å². The lowest BCUT2D eigenvalue weighted by atomic mass is 10.0. The number of hydrogen-bond acceptors (Lipinski definition) is 4. The first kappa shape index (κ1) is 23.3. The summed E-state index contributed by atoms with van der Waals surface area (Å²) in [6.07, 6.45) is 4.97. The van der Waals surface area contributed by atoms with Gasteiger partial charge in [0.25, 0.3) is 0 Å². The zero-order valence-electron chi connectivity index (χ0n) is 19.9. The summed E-state index contributed by atoms with van der Waals surface area (Å²) >= 11 is 0. The van der Waals surface area contributed by atoms with Gasteiger partial charge in [0.1, 0.15) is 17.6 Å². The fraction of sp³-hybridized carbons (Fsp3) is 0.414. The summed E-state index contributed by atoms with van der Waals surface area (Å²) < 4.78 is 11.8. The average molecular weight is 446 g/mol. The number of ketones is 1. The smallest absolute Gasteiger partial charge is 0.162 e. The van der Waals surface area contributed by atoms with Crippen LogP contribution in [0.2, 0.25) is 0 Å². The van der Waals surface area contributed by atoms with Gasteiger partial charge in [-0.05, 0) is 92.7 Å². The van der Waals surface area contributed by atoms with Gasteiger partial charge in [0.2, 0.25) is 0 Å². The van der Waals surface area contributed by atoms with Crippen LogP contribution in [0, 0.1) is 6.92 Å². The number of unbranched alkanes of at least 4 members (excludes halogenated alkanes) is 1. The molecule has 0 spiro atoms. The van der Waals surface area contributed by atoms with Crippen LogP contribution >= 0.6 is 0 Å². The topological polar surface area (TPSA) is 38.8 Å². The van der Waals surface area contributed by atoms with E-state index in [4.69, 9.17) is 9.47 Å². The third kappa shape index (κ3) is 6.14. The molecule has 4 rings (SSSR count). The Morgan fingerprint density at radius 2 is 1.73 bits per heavy atom. The van der Waals surface area contributed by atoms with Crippen LogP contribution in [0.4, 0.5) is 0 Å². The second kappa shape index (κ2) is 11.3. The van der Waals surface area contributed by atoms with Crippen molar-refractivity contribution in [1.82, 2.24) is 4.90 Å². The normalized spacial score (nSPS) is 15.0. The standard InChI is InChI=1S/C29H35NO3/c1-3-32-25-14-11-24(12-15-25)28(31)10-6-7-19-30-20-17-26(18-21-30)33-29-16-13-23-8-4-5-9-27(23)22(29)2/h4-5,8-9,11-16,26H,3,6-7,10,17-21H2,1-2H3. The highest BCUT2D eigenvalue weighted by Gasteiger charge is 2.21. The van der Waals surface area contributed by atoms with Crippen LogP contribution in [0.25, 0.3) is 10.8 Å². The summed E-state index contributed by atoms with van der Waals surface area (Å²) in [5, 5.41) is 2.53. The van der Waals surface area contributed by atoms with Crippen molar-refractivity contribution in [2.45, 2.75) is 52.1 Å². The van der Waals surface area contributed by atoms with Crippen LogP contribution in [-0.4, -0.2) is 43.0 Å². The van der Waals surface area contributed by atoms with Crippen LogP contribution < -0.4 is 9.47 Å². The molecule has 0 amide bonds. The maximum absolute atomic E-state index is 12.4. The molecule has 4 nitrogen and oxygen atoms in total. The Hall–Kier alpha value is -2.85. The van der Waals surface area contributed by atoms with E-state index in [1.807, 2.05) is 31.2 Å². The van der Waals surface area contributed by atoms with Crippen LogP contribution in [0.15, 0.2) is 60.7 Å². The van der Waals surface area contributed by atoms with Gasteiger partial charge < -0.3 is 14.4 Å². The Bertz CT molecular complexity index is 1050. The van der Waals surface area contributed by atoms with E-state index in [1.54, 1.807) is 0 Å². The van der Waals surface area contributed by atoms with Gasteiger partial charge in [0.15, 0.2) is 5.78 Å². The number of carbonyl (C=O) groups excluding carboxylic acids is 1. The van der Waals surface area contributed by atoms with Gasteiger partial charge in [-0.1, -0.05) is 30.3 Å². The van der Waals surface area contributed by atoms with E-state index in [2.05, 4.69) is 48.2 Å². The molecule has 0 bridgehead atoms.